The van der Waals surface area contributed by atoms with E-state index in [0.29, 0.717) is 10.2 Å². The number of carbonyl (C=O) groups excluding carboxylic acids is 1. The standard InChI is InChI=1S/C15H9BrFN3O/c16-13-7-6-10(17)8-12(13)15(21)14-9-18-19-20(14)11-4-2-1-3-5-11/h1-9H. The predicted molar refractivity (Wildman–Crippen MR) is 78.9 cm³/mol. The molecule has 21 heavy (non-hydrogen) atoms. The van der Waals surface area contributed by atoms with Crippen molar-refractivity contribution in [3.05, 3.63) is 76.3 Å². The molecule has 0 aliphatic carbocycles. The van der Waals surface area contributed by atoms with Crippen molar-refractivity contribution in [3.63, 3.8) is 0 Å². The monoisotopic (exact) mass is 345 g/mol. The zero-order valence-electron chi connectivity index (χ0n) is 10.7. The summed E-state index contributed by atoms with van der Waals surface area (Å²) in [5.41, 5.74) is 1.22. The lowest BCUT2D eigenvalue weighted by Crippen LogP contribution is -2.10. The zero-order valence-corrected chi connectivity index (χ0v) is 12.3. The summed E-state index contributed by atoms with van der Waals surface area (Å²) in [5, 5.41) is 7.70. The van der Waals surface area contributed by atoms with Crippen LogP contribution >= 0.6 is 15.9 Å². The number of hydrogen-bond acceptors (Lipinski definition) is 3. The Bertz CT molecular complexity index is 802. The number of rotatable bonds is 3. The van der Waals surface area contributed by atoms with Gasteiger partial charge < -0.3 is 0 Å². The summed E-state index contributed by atoms with van der Waals surface area (Å²) < 4.78 is 15.3. The Morgan fingerprint density at radius 1 is 1.14 bits per heavy atom. The number of hydrogen-bond donors (Lipinski definition) is 0. The molecular formula is C15H9BrFN3O. The van der Waals surface area contributed by atoms with Gasteiger partial charge in [0, 0.05) is 10.0 Å². The highest BCUT2D eigenvalue weighted by atomic mass is 79.9. The molecule has 0 aliphatic rings. The predicted octanol–water partition coefficient (Wildman–Crippen LogP) is 3.40. The summed E-state index contributed by atoms with van der Waals surface area (Å²) in [6, 6.07) is 13.1. The van der Waals surface area contributed by atoms with E-state index >= 15 is 0 Å². The first kappa shape index (κ1) is 13.6. The van der Waals surface area contributed by atoms with Crippen LogP contribution in [0.1, 0.15) is 16.1 Å². The molecule has 1 heterocycles. The van der Waals surface area contributed by atoms with Gasteiger partial charge in [-0.25, -0.2) is 9.07 Å². The Morgan fingerprint density at radius 3 is 2.67 bits per heavy atom. The first-order valence-electron chi connectivity index (χ1n) is 6.12. The van der Waals surface area contributed by atoms with Gasteiger partial charge in [-0.2, -0.15) is 0 Å². The van der Waals surface area contributed by atoms with Crippen LogP contribution in [-0.2, 0) is 0 Å². The van der Waals surface area contributed by atoms with Crippen LogP contribution < -0.4 is 0 Å². The third kappa shape index (κ3) is 2.62. The number of benzene rings is 2. The summed E-state index contributed by atoms with van der Waals surface area (Å²) in [4.78, 5) is 12.6. The lowest BCUT2D eigenvalue weighted by Gasteiger charge is -2.06. The smallest absolute Gasteiger partial charge is 0.214 e. The van der Waals surface area contributed by atoms with Gasteiger partial charge in [0.05, 0.1) is 11.9 Å². The van der Waals surface area contributed by atoms with Gasteiger partial charge in [0.25, 0.3) is 0 Å². The van der Waals surface area contributed by atoms with Gasteiger partial charge in [0.2, 0.25) is 5.78 Å². The molecule has 6 heteroatoms. The van der Waals surface area contributed by atoms with E-state index in [1.165, 1.54) is 29.1 Å². The minimum atomic E-state index is -0.472. The van der Waals surface area contributed by atoms with E-state index in [2.05, 4.69) is 26.2 Å². The molecule has 2 aromatic carbocycles. The van der Waals surface area contributed by atoms with Crippen molar-refractivity contribution in [1.82, 2.24) is 15.0 Å². The van der Waals surface area contributed by atoms with E-state index in [4.69, 9.17) is 0 Å². The lowest BCUT2D eigenvalue weighted by molar-refractivity contribution is 0.103. The van der Waals surface area contributed by atoms with Crippen LogP contribution in [0.25, 0.3) is 5.69 Å². The van der Waals surface area contributed by atoms with E-state index in [1.807, 2.05) is 30.3 Å². The van der Waals surface area contributed by atoms with E-state index < -0.39 is 5.82 Å². The Labute approximate surface area is 128 Å². The van der Waals surface area contributed by atoms with Gasteiger partial charge in [0.15, 0.2) is 0 Å². The summed E-state index contributed by atoms with van der Waals surface area (Å²) in [7, 11) is 0. The molecule has 104 valence electrons. The number of aromatic nitrogens is 3. The molecule has 0 aliphatic heterocycles. The Morgan fingerprint density at radius 2 is 1.90 bits per heavy atom. The number of halogens is 2. The molecule has 0 N–H and O–H groups in total. The summed E-state index contributed by atoms with van der Waals surface area (Å²) in [6.07, 6.45) is 1.37. The van der Waals surface area contributed by atoms with Crippen LogP contribution in [0, 0.1) is 5.82 Å². The summed E-state index contributed by atoms with van der Waals surface area (Å²) >= 11 is 3.26. The maximum Gasteiger partial charge on any atom is 0.214 e. The van der Waals surface area contributed by atoms with Crippen LogP contribution in [0.3, 0.4) is 0 Å². The summed E-state index contributed by atoms with van der Waals surface area (Å²) in [5.74, 6) is -0.824. The highest BCUT2D eigenvalue weighted by Crippen LogP contribution is 2.22. The molecule has 0 unspecified atom stereocenters. The molecule has 3 rings (SSSR count). The number of nitrogens with zero attached hydrogens (tertiary/aromatic N) is 3. The van der Waals surface area contributed by atoms with E-state index in [1.54, 1.807) is 0 Å². The van der Waals surface area contributed by atoms with Gasteiger partial charge >= 0.3 is 0 Å². The SMILES string of the molecule is O=C(c1cc(F)ccc1Br)c1cnnn1-c1ccccc1. The molecule has 4 nitrogen and oxygen atoms in total. The zero-order chi connectivity index (χ0) is 14.8. The van der Waals surface area contributed by atoms with Crippen molar-refractivity contribution < 1.29 is 9.18 Å². The Kier molecular flexibility index (Phi) is 3.62. The maximum absolute atomic E-state index is 13.4. The van der Waals surface area contributed by atoms with Crippen LogP contribution in [-0.4, -0.2) is 20.8 Å². The third-order valence-corrected chi connectivity index (χ3v) is 3.65. The van der Waals surface area contributed by atoms with Crippen molar-refractivity contribution in [1.29, 1.82) is 0 Å². The largest absolute Gasteiger partial charge is 0.287 e. The Hall–Kier alpha value is -2.34. The maximum atomic E-state index is 13.4. The van der Waals surface area contributed by atoms with Gasteiger partial charge in [-0.3, -0.25) is 4.79 Å². The normalized spacial score (nSPS) is 10.6. The second kappa shape index (κ2) is 5.57. The first-order chi connectivity index (χ1) is 10.2. The second-order valence-corrected chi connectivity index (χ2v) is 5.17. The number of ketones is 1. The van der Waals surface area contributed by atoms with Crippen LogP contribution in [0.5, 0.6) is 0 Å². The lowest BCUT2D eigenvalue weighted by atomic mass is 10.1. The fourth-order valence-electron chi connectivity index (χ4n) is 1.96. The molecular weight excluding hydrogens is 337 g/mol. The fraction of sp³-hybridized carbons (Fsp3) is 0. The van der Waals surface area contributed by atoms with Crippen molar-refractivity contribution >= 4 is 21.7 Å². The third-order valence-electron chi connectivity index (χ3n) is 2.96. The quantitative estimate of drug-likeness (QED) is 0.683. The number of para-hydroxylation sites is 1. The van der Waals surface area contributed by atoms with Crippen LogP contribution in [0.4, 0.5) is 4.39 Å². The topological polar surface area (TPSA) is 47.8 Å². The fourth-order valence-corrected chi connectivity index (χ4v) is 2.39. The first-order valence-corrected chi connectivity index (χ1v) is 6.92. The molecule has 0 saturated heterocycles. The van der Waals surface area contributed by atoms with Gasteiger partial charge in [0.1, 0.15) is 11.5 Å². The van der Waals surface area contributed by atoms with E-state index in [0.717, 1.165) is 0 Å². The molecule has 0 radical (unpaired) electrons. The van der Waals surface area contributed by atoms with Gasteiger partial charge in [-0.05, 0) is 30.3 Å². The van der Waals surface area contributed by atoms with Crippen molar-refractivity contribution in [2.24, 2.45) is 0 Å². The number of carbonyl (C=O) groups is 1. The van der Waals surface area contributed by atoms with Gasteiger partial charge in [-0.1, -0.05) is 39.3 Å². The summed E-state index contributed by atoms with van der Waals surface area (Å²) in [6.45, 7) is 0. The van der Waals surface area contributed by atoms with E-state index in [9.17, 15) is 9.18 Å². The minimum Gasteiger partial charge on any atom is -0.287 e. The van der Waals surface area contributed by atoms with Gasteiger partial charge in [-0.15, -0.1) is 5.10 Å². The van der Waals surface area contributed by atoms with Crippen LogP contribution in [0.15, 0.2) is 59.2 Å². The van der Waals surface area contributed by atoms with Crippen molar-refractivity contribution in [2.45, 2.75) is 0 Å². The average molecular weight is 346 g/mol. The molecule has 0 spiro atoms. The second-order valence-electron chi connectivity index (χ2n) is 4.32. The molecule has 0 amide bonds. The molecule has 0 saturated carbocycles. The minimum absolute atomic E-state index is 0.231. The highest BCUT2D eigenvalue weighted by Gasteiger charge is 2.19. The highest BCUT2D eigenvalue weighted by molar-refractivity contribution is 9.10. The van der Waals surface area contributed by atoms with E-state index in [-0.39, 0.29) is 17.0 Å². The molecule has 0 atom stereocenters. The molecule has 1 aromatic heterocycles. The van der Waals surface area contributed by atoms with Crippen LogP contribution in [0.2, 0.25) is 0 Å². The molecule has 0 bridgehead atoms. The Balaban J connectivity index is 2.08. The van der Waals surface area contributed by atoms with Crippen molar-refractivity contribution in [3.8, 4) is 5.69 Å². The van der Waals surface area contributed by atoms with Crippen molar-refractivity contribution in [2.75, 3.05) is 0 Å². The average Bonchev–Trinajstić information content (AvgIpc) is 2.99. The molecule has 3 aromatic rings. The molecule has 0 fully saturated rings.